The highest BCUT2D eigenvalue weighted by atomic mass is 79.9. The van der Waals surface area contributed by atoms with Gasteiger partial charge in [0, 0.05) is 17.3 Å². The van der Waals surface area contributed by atoms with Crippen LogP contribution in [0.2, 0.25) is 0 Å². The van der Waals surface area contributed by atoms with Gasteiger partial charge in [-0.15, -0.1) is 0 Å². The number of esters is 3. The zero-order valence-electron chi connectivity index (χ0n) is 29.6. The van der Waals surface area contributed by atoms with Crippen molar-refractivity contribution in [1.29, 1.82) is 0 Å². The van der Waals surface area contributed by atoms with E-state index in [1.165, 1.54) is 6.92 Å². The van der Waals surface area contributed by atoms with Crippen molar-refractivity contribution in [3.8, 4) is 0 Å². The summed E-state index contributed by atoms with van der Waals surface area (Å²) in [6.45, 7) is 19.8. The summed E-state index contributed by atoms with van der Waals surface area (Å²) in [5.74, 6) is -0.438. The third-order valence-electron chi connectivity index (χ3n) is 12.7. The molecule has 0 aliphatic heterocycles. The van der Waals surface area contributed by atoms with E-state index in [0.29, 0.717) is 30.8 Å². The molecule has 0 bridgehead atoms. The number of carbonyl (C=O) groups is 3. The number of ether oxygens (including phenoxy) is 3. The molecule has 260 valence electrons. The highest BCUT2D eigenvalue weighted by Gasteiger charge is 2.70. The summed E-state index contributed by atoms with van der Waals surface area (Å²) in [6.07, 6.45) is 5.68. The van der Waals surface area contributed by atoms with Crippen LogP contribution in [-0.2, 0) is 28.6 Å². The lowest BCUT2D eigenvalue weighted by Gasteiger charge is -2.69. The van der Waals surface area contributed by atoms with E-state index in [2.05, 4.69) is 59.6 Å². The van der Waals surface area contributed by atoms with Crippen molar-refractivity contribution in [2.24, 2.45) is 45.3 Å². The predicted octanol–water partition coefficient (Wildman–Crippen LogP) is 8.80. The van der Waals surface area contributed by atoms with Gasteiger partial charge in [-0.2, -0.15) is 0 Å². The van der Waals surface area contributed by atoms with Crippen LogP contribution in [0.1, 0.15) is 121 Å². The summed E-state index contributed by atoms with van der Waals surface area (Å²) < 4.78 is 17.8. The molecule has 0 radical (unpaired) electrons. The van der Waals surface area contributed by atoms with Crippen LogP contribution in [0.25, 0.3) is 0 Å². The minimum atomic E-state index is -0.701. The number of rotatable bonds is 7. The smallest absolute Gasteiger partial charge is 0.336 e. The normalized spacial score (nSPS) is 39.7. The third kappa shape index (κ3) is 6.68. The van der Waals surface area contributed by atoms with Gasteiger partial charge in [-0.1, -0.05) is 65.1 Å². The van der Waals surface area contributed by atoms with Crippen LogP contribution in [0.3, 0.4) is 0 Å². The Kier molecular flexibility index (Phi) is 11.1. The van der Waals surface area contributed by atoms with Gasteiger partial charge < -0.3 is 19.3 Å². The summed E-state index contributed by atoms with van der Waals surface area (Å²) in [6, 6.07) is 0. The van der Waals surface area contributed by atoms with E-state index in [1.54, 1.807) is 20.8 Å². The molecular weight excluding hydrogens is 716 g/mol. The molecule has 4 saturated carbocycles. The standard InChI is InChI=1S/C37H56Br2O7/c1-20(2)26(38)12-11-23(32(42)44-19-45-33(43)34(5,6)7)30-25-17-28(41)31-35(8)15-14-29(46-22(4)40)21(3)24(35)13-16-36(31,9)37(25,10)18-27(30)39/h21,24-25,27-29,31,41H,11-19H2,1-10H3/b30-23-/t21-,24?,25?,27+,28+,29+,31?,35-,36-,37-/m0/s1. The molecule has 0 spiro atoms. The SMILES string of the molecule is CC(=O)O[C@@H]1CC[C@@]2(C)C(CC[C@@]3(C)C2[C@H](O)CC2/C(=C(\CCC(Br)=C(C)C)C(=O)OCOC(=O)C(C)(C)C)[C@H](Br)C[C@@]23C)[C@@H]1C. The summed E-state index contributed by atoms with van der Waals surface area (Å²) in [7, 11) is 0. The Morgan fingerprint density at radius 3 is 2.22 bits per heavy atom. The Balaban J connectivity index is 1.70. The van der Waals surface area contributed by atoms with Gasteiger partial charge in [0.2, 0.25) is 6.79 Å². The van der Waals surface area contributed by atoms with Gasteiger partial charge in [-0.3, -0.25) is 9.59 Å². The average Bonchev–Trinajstić information content (AvgIpc) is 3.19. The molecule has 10 atom stereocenters. The highest BCUT2D eigenvalue weighted by molar-refractivity contribution is 9.11. The first kappa shape index (κ1) is 37.6. The number of carbonyl (C=O) groups excluding carboxylic acids is 3. The lowest BCUT2D eigenvalue weighted by molar-refractivity contribution is -0.235. The monoisotopic (exact) mass is 770 g/mol. The first-order valence-corrected chi connectivity index (χ1v) is 18.8. The van der Waals surface area contributed by atoms with E-state index < -0.39 is 30.3 Å². The van der Waals surface area contributed by atoms with Crippen molar-refractivity contribution < 1.29 is 33.7 Å². The van der Waals surface area contributed by atoms with Crippen LogP contribution >= 0.6 is 31.9 Å². The highest BCUT2D eigenvalue weighted by Crippen LogP contribution is 2.75. The number of aliphatic hydroxyl groups is 1. The molecule has 4 aliphatic rings. The largest absolute Gasteiger partial charge is 0.462 e. The molecule has 4 aliphatic carbocycles. The average molecular weight is 773 g/mol. The van der Waals surface area contributed by atoms with Crippen molar-refractivity contribution in [2.75, 3.05) is 6.79 Å². The molecule has 0 heterocycles. The maximum Gasteiger partial charge on any atom is 0.336 e. The maximum absolute atomic E-state index is 13.9. The Hall–Kier alpha value is -1.19. The number of alkyl halides is 1. The van der Waals surface area contributed by atoms with E-state index in [-0.39, 0.29) is 50.9 Å². The zero-order valence-corrected chi connectivity index (χ0v) is 32.7. The molecule has 7 nitrogen and oxygen atoms in total. The van der Waals surface area contributed by atoms with Gasteiger partial charge in [-0.05, 0) is 136 Å². The molecule has 0 aromatic heterocycles. The van der Waals surface area contributed by atoms with Crippen molar-refractivity contribution >= 4 is 49.8 Å². The van der Waals surface area contributed by atoms with Crippen molar-refractivity contribution in [3.63, 3.8) is 0 Å². The number of allylic oxidation sites excluding steroid dienone is 3. The number of aliphatic hydroxyl groups excluding tert-OH is 1. The van der Waals surface area contributed by atoms with Gasteiger partial charge >= 0.3 is 17.9 Å². The van der Waals surface area contributed by atoms with Gasteiger partial charge in [0.05, 0.1) is 11.5 Å². The first-order valence-electron chi connectivity index (χ1n) is 17.1. The van der Waals surface area contributed by atoms with Gasteiger partial charge in [0.15, 0.2) is 0 Å². The van der Waals surface area contributed by atoms with E-state index in [0.717, 1.165) is 47.7 Å². The van der Waals surface area contributed by atoms with Gasteiger partial charge in [0.25, 0.3) is 0 Å². The minimum absolute atomic E-state index is 0.00626. The number of hydrogen-bond donors (Lipinski definition) is 1. The van der Waals surface area contributed by atoms with E-state index in [1.807, 2.05) is 13.8 Å². The van der Waals surface area contributed by atoms with Crippen molar-refractivity contribution in [3.05, 3.63) is 21.2 Å². The molecule has 3 unspecified atom stereocenters. The Morgan fingerprint density at radius 2 is 1.63 bits per heavy atom. The second-order valence-corrected chi connectivity index (χ2v) is 18.7. The summed E-state index contributed by atoms with van der Waals surface area (Å²) in [5, 5.41) is 12.2. The van der Waals surface area contributed by atoms with E-state index in [9.17, 15) is 19.5 Å². The van der Waals surface area contributed by atoms with Crippen molar-refractivity contribution in [1.82, 2.24) is 0 Å². The van der Waals surface area contributed by atoms with Gasteiger partial charge in [0.1, 0.15) is 6.10 Å². The summed E-state index contributed by atoms with van der Waals surface area (Å²) in [4.78, 5) is 38.1. The Bertz CT molecular complexity index is 1280. The quantitative estimate of drug-likeness (QED) is 0.120. The summed E-state index contributed by atoms with van der Waals surface area (Å²) in [5.41, 5.74) is 1.68. The molecule has 1 N–H and O–H groups in total. The Labute approximate surface area is 293 Å². The molecule has 4 rings (SSSR count). The van der Waals surface area contributed by atoms with E-state index >= 15 is 0 Å². The maximum atomic E-state index is 13.9. The van der Waals surface area contributed by atoms with E-state index in [4.69, 9.17) is 14.2 Å². The first-order chi connectivity index (χ1) is 21.2. The second kappa shape index (κ2) is 13.6. The lowest BCUT2D eigenvalue weighted by Crippen LogP contribution is -2.65. The molecule has 0 amide bonds. The molecule has 46 heavy (non-hydrogen) atoms. The molecule has 0 aromatic rings. The second-order valence-electron chi connectivity index (χ2n) is 16.6. The van der Waals surface area contributed by atoms with Crippen LogP contribution in [0.15, 0.2) is 21.2 Å². The number of halogens is 2. The molecule has 4 fully saturated rings. The predicted molar refractivity (Wildman–Crippen MR) is 186 cm³/mol. The lowest BCUT2D eigenvalue weighted by atomic mass is 9.36. The summed E-state index contributed by atoms with van der Waals surface area (Å²) >= 11 is 7.73. The number of hydrogen-bond acceptors (Lipinski definition) is 7. The van der Waals surface area contributed by atoms with Crippen LogP contribution in [0.4, 0.5) is 0 Å². The Morgan fingerprint density at radius 1 is 0.978 bits per heavy atom. The molecule has 0 saturated heterocycles. The number of fused-ring (bicyclic) bond motifs is 5. The fourth-order valence-electron chi connectivity index (χ4n) is 10.2. The van der Waals surface area contributed by atoms with Crippen LogP contribution in [-0.4, -0.2) is 46.8 Å². The third-order valence-corrected chi connectivity index (χ3v) is 14.7. The molecule has 0 aromatic carbocycles. The minimum Gasteiger partial charge on any atom is -0.462 e. The van der Waals surface area contributed by atoms with Crippen LogP contribution < -0.4 is 0 Å². The molecular formula is C37H56Br2O7. The van der Waals surface area contributed by atoms with Crippen LogP contribution in [0.5, 0.6) is 0 Å². The fraction of sp³-hybridized carbons (Fsp3) is 0.811. The van der Waals surface area contributed by atoms with Gasteiger partial charge in [-0.25, -0.2) is 4.79 Å². The topological polar surface area (TPSA) is 99.1 Å². The van der Waals surface area contributed by atoms with Crippen molar-refractivity contribution in [2.45, 2.75) is 138 Å². The van der Waals surface area contributed by atoms with Crippen LogP contribution in [0, 0.1) is 45.3 Å². The zero-order chi connectivity index (χ0) is 34.6. The molecule has 9 heteroatoms. The fourth-order valence-corrected chi connectivity index (χ4v) is 11.7.